The van der Waals surface area contributed by atoms with E-state index >= 15 is 0 Å². The van der Waals surface area contributed by atoms with E-state index in [1.165, 1.54) is 23.2 Å². The number of aromatic nitrogens is 2. The largest absolute Gasteiger partial charge is 0.350 e. The van der Waals surface area contributed by atoms with Gasteiger partial charge in [-0.05, 0) is 42.7 Å². The molecule has 3 heteroatoms. The lowest BCUT2D eigenvalue weighted by molar-refractivity contribution is 0.601. The molecule has 0 fully saturated rings. The van der Waals surface area contributed by atoms with Crippen molar-refractivity contribution >= 4 is 0 Å². The average Bonchev–Trinajstić information content (AvgIpc) is 2.80. The Bertz CT molecular complexity index is 488. The molecule has 3 nitrogen and oxygen atoms in total. The van der Waals surface area contributed by atoms with E-state index in [9.17, 15) is 0 Å². The van der Waals surface area contributed by atoms with Gasteiger partial charge in [-0.15, -0.1) is 0 Å². The molecule has 2 aromatic heterocycles. The van der Waals surface area contributed by atoms with Crippen molar-refractivity contribution in [2.75, 3.05) is 0 Å². The molecule has 0 amide bonds. The van der Waals surface area contributed by atoms with Crippen LogP contribution in [0.2, 0.25) is 0 Å². The van der Waals surface area contributed by atoms with Gasteiger partial charge in [0.15, 0.2) is 0 Å². The Morgan fingerprint density at radius 2 is 2.17 bits per heavy atom. The normalized spacial score (nSPS) is 10.8. The lowest BCUT2D eigenvalue weighted by Gasteiger charge is -2.10. The summed E-state index contributed by atoms with van der Waals surface area (Å²) in [5.41, 5.74) is 3.91. The van der Waals surface area contributed by atoms with Crippen molar-refractivity contribution in [2.45, 2.75) is 39.9 Å². The Morgan fingerprint density at radius 3 is 2.94 bits per heavy atom. The molecular weight excluding hydrogens is 222 g/mol. The summed E-state index contributed by atoms with van der Waals surface area (Å²) in [6.07, 6.45) is 7.09. The molecule has 0 atom stereocenters. The van der Waals surface area contributed by atoms with Crippen LogP contribution in [0.5, 0.6) is 0 Å². The van der Waals surface area contributed by atoms with Gasteiger partial charge in [0.1, 0.15) is 0 Å². The van der Waals surface area contributed by atoms with Crippen LogP contribution in [-0.2, 0) is 19.6 Å². The van der Waals surface area contributed by atoms with Crippen molar-refractivity contribution < 1.29 is 0 Å². The van der Waals surface area contributed by atoms with Gasteiger partial charge in [-0.1, -0.05) is 6.92 Å². The quantitative estimate of drug-likeness (QED) is 0.845. The highest BCUT2D eigenvalue weighted by molar-refractivity contribution is 5.21. The molecule has 0 aliphatic heterocycles. The van der Waals surface area contributed by atoms with Gasteiger partial charge in [0.25, 0.3) is 0 Å². The Morgan fingerprint density at radius 1 is 1.28 bits per heavy atom. The maximum Gasteiger partial charge on any atom is 0.0362 e. The first-order valence-corrected chi connectivity index (χ1v) is 6.55. The summed E-state index contributed by atoms with van der Waals surface area (Å²) in [7, 11) is 0. The second-order valence-electron chi connectivity index (χ2n) is 4.60. The van der Waals surface area contributed by atoms with E-state index in [0.717, 1.165) is 19.6 Å². The topological polar surface area (TPSA) is 29.9 Å². The van der Waals surface area contributed by atoms with Crippen LogP contribution in [0.3, 0.4) is 0 Å². The van der Waals surface area contributed by atoms with E-state index in [4.69, 9.17) is 0 Å². The number of pyridine rings is 1. The molecule has 2 heterocycles. The molecule has 0 aliphatic carbocycles. The van der Waals surface area contributed by atoms with Crippen molar-refractivity contribution in [1.82, 2.24) is 14.9 Å². The first kappa shape index (κ1) is 12.8. The number of hydrogen-bond acceptors (Lipinski definition) is 2. The number of nitrogens with zero attached hydrogens (tertiary/aromatic N) is 2. The predicted octanol–water partition coefficient (Wildman–Crippen LogP) is 2.89. The highest BCUT2D eigenvalue weighted by Gasteiger charge is 2.01. The van der Waals surface area contributed by atoms with Crippen LogP contribution in [0.4, 0.5) is 0 Å². The van der Waals surface area contributed by atoms with Gasteiger partial charge in [-0.25, -0.2) is 0 Å². The van der Waals surface area contributed by atoms with Crippen LogP contribution in [0.1, 0.15) is 30.2 Å². The van der Waals surface area contributed by atoms with Crippen LogP contribution < -0.4 is 5.32 Å². The molecule has 0 unspecified atom stereocenters. The Labute approximate surface area is 109 Å². The van der Waals surface area contributed by atoms with Crippen molar-refractivity contribution in [3.63, 3.8) is 0 Å². The van der Waals surface area contributed by atoms with Crippen LogP contribution in [0, 0.1) is 6.92 Å². The fraction of sp³-hybridized carbons (Fsp3) is 0.400. The molecule has 0 aliphatic rings. The molecular formula is C15H21N3. The van der Waals surface area contributed by atoms with Crippen molar-refractivity contribution in [3.05, 3.63) is 53.6 Å². The molecule has 2 rings (SSSR count). The van der Waals surface area contributed by atoms with Gasteiger partial charge in [0.05, 0.1) is 0 Å². The maximum absolute atomic E-state index is 4.11. The van der Waals surface area contributed by atoms with Crippen LogP contribution >= 0.6 is 0 Å². The summed E-state index contributed by atoms with van der Waals surface area (Å²) in [6.45, 7) is 7.21. The second-order valence-corrected chi connectivity index (χ2v) is 4.60. The molecule has 0 saturated heterocycles. The third-order valence-corrected chi connectivity index (χ3v) is 3.15. The molecule has 96 valence electrons. The Kier molecular flexibility index (Phi) is 4.53. The van der Waals surface area contributed by atoms with Crippen molar-refractivity contribution in [3.8, 4) is 0 Å². The molecule has 0 saturated carbocycles. The van der Waals surface area contributed by atoms with E-state index in [2.05, 4.69) is 53.1 Å². The highest BCUT2D eigenvalue weighted by Crippen LogP contribution is 2.06. The molecule has 0 bridgehead atoms. The van der Waals surface area contributed by atoms with Gasteiger partial charge >= 0.3 is 0 Å². The predicted molar refractivity (Wildman–Crippen MR) is 74.2 cm³/mol. The van der Waals surface area contributed by atoms with Gasteiger partial charge in [-0.2, -0.15) is 0 Å². The Balaban J connectivity index is 1.88. The zero-order valence-electron chi connectivity index (χ0n) is 11.2. The van der Waals surface area contributed by atoms with Gasteiger partial charge in [0.2, 0.25) is 0 Å². The van der Waals surface area contributed by atoms with Gasteiger partial charge in [0, 0.05) is 43.9 Å². The van der Waals surface area contributed by atoms with Crippen LogP contribution in [0.15, 0.2) is 36.8 Å². The summed E-state index contributed by atoms with van der Waals surface area (Å²) in [5.74, 6) is 0. The third-order valence-electron chi connectivity index (χ3n) is 3.15. The van der Waals surface area contributed by atoms with Gasteiger partial charge in [-0.3, -0.25) is 4.98 Å². The molecule has 1 N–H and O–H groups in total. The zero-order chi connectivity index (χ0) is 12.8. The van der Waals surface area contributed by atoms with Crippen LogP contribution in [0.25, 0.3) is 0 Å². The summed E-state index contributed by atoms with van der Waals surface area (Å²) in [5, 5.41) is 3.50. The number of aryl methyl sites for hydroxylation is 2. The van der Waals surface area contributed by atoms with Crippen molar-refractivity contribution in [1.29, 1.82) is 0 Å². The summed E-state index contributed by atoms with van der Waals surface area (Å²) in [6, 6.07) is 6.37. The van der Waals surface area contributed by atoms with E-state index < -0.39 is 0 Å². The Hall–Kier alpha value is -1.61. The second kappa shape index (κ2) is 6.36. The summed E-state index contributed by atoms with van der Waals surface area (Å²) >= 11 is 0. The van der Waals surface area contributed by atoms with E-state index in [1.54, 1.807) is 0 Å². The summed E-state index contributed by atoms with van der Waals surface area (Å²) in [4.78, 5) is 4.11. The number of hydrogen-bond donors (Lipinski definition) is 1. The fourth-order valence-electron chi connectivity index (χ4n) is 2.09. The lowest BCUT2D eigenvalue weighted by atomic mass is 10.1. The number of nitrogens with one attached hydrogen (secondary N) is 1. The molecule has 2 aromatic rings. The molecule has 0 radical (unpaired) electrons. The third kappa shape index (κ3) is 3.20. The van der Waals surface area contributed by atoms with Crippen LogP contribution in [-0.4, -0.2) is 9.55 Å². The minimum Gasteiger partial charge on any atom is -0.350 e. The SMILES string of the molecule is CCCn1cccc1CNCc1ccncc1C. The monoisotopic (exact) mass is 243 g/mol. The molecule has 0 spiro atoms. The minimum atomic E-state index is 0.895. The molecule has 0 aromatic carbocycles. The zero-order valence-corrected chi connectivity index (χ0v) is 11.2. The lowest BCUT2D eigenvalue weighted by Crippen LogP contribution is -2.16. The van der Waals surface area contributed by atoms with Gasteiger partial charge < -0.3 is 9.88 Å². The summed E-state index contributed by atoms with van der Waals surface area (Å²) < 4.78 is 2.31. The first-order chi connectivity index (χ1) is 8.81. The molecule has 18 heavy (non-hydrogen) atoms. The number of rotatable bonds is 6. The smallest absolute Gasteiger partial charge is 0.0362 e. The standard InChI is InChI=1S/C15H21N3/c1-3-8-18-9-4-5-15(18)12-17-11-14-6-7-16-10-13(14)2/h4-7,9-10,17H,3,8,11-12H2,1-2H3. The first-order valence-electron chi connectivity index (χ1n) is 6.55. The fourth-order valence-corrected chi connectivity index (χ4v) is 2.09. The van der Waals surface area contributed by atoms with E-state index in [-0.39, 0.29) is 0 Å². The highest BCUT2D eigenvalue weighted by atomic mass is 15.0. The average molecular weight is 243 g/mol. The minimum absolute atomic E-state index is 0.895. The van der Waals surface area contributed by atoms with E-state index in [0.29, 0.717) is 0 Å². The van der Waals surface area contributed by atoms with Crippen molar-refractivity contribution in [2.24, 2.45) is 0 Å². The van der Waals surface area contributed by atoms with E-state index in [1.807, 2.05) is 12.4 Å². The maximum atomic E-state index is 4.11.